The van der Waals surface area contributed by atoms with Crippen molar-refractivity contribution in [2.75, 3.05) is 0 Å². The number of hydrogen-bond donors (Lipinski definition) is 0. The third kappa shape index (κ3) is 3.08. The number of rotatable bonds is 3. The third-order valence-corrected chi connectivity index (χ3v) is 7.20. The molecule has 2 heterocycles. The maximum atomic E-state index is 6.72. The zero-order valence-corrected chi connectivity index (χ0v) is 18.1. The van der Waals surface area contributed by atoms with E-state index in [0.29, 0.717) is 5.92 Å². The van der Waals surface area contributed by atoms with E-state index in [4.69, 9.17) is 20.1 Å². The van der Waals surface area contributed by atoms with Crippen molar-refractivity contribution in [3.8, 4) is 11.3 Å². The van der Waals surface area contributed by atoms with E-state index in [1.54, 1.807) is 0 Å². The van der Waals surface area contributed by atoms with Gasteiger partial charge in [-0.25, -0.2) is 0 Å². The normalized spacial score (nSPS) is 15.6. The van der Waals surface area contributed by atoms with Crippen molar-refractivity contribution < 1.29 is 4.42 Å². The van der Waals surface area contributed by atoms with Gasteiger partial charge in [0, 0.05) is 22.5 Å². The van der Waals surface area contributed by atoms with Crippen LogP contribution in [0.15, 0.2) is 77.3 Å². The molecule has 2 nitrogen and oxygen atoms in total. The molecule has 0 saturated heterocycles. The second-order valence-corrected chi connectivity index (χ2v) is 9.14. The number of benzene rings is 3. The van der Waals surface area contributed by atoms with Gasteiger partial charge in [-0.1, -0.05) is 85.3 Å². The molecule has 3 aromatic carbocycles. The van der Waals surface area contributed by atoms with Crippen LogP contribution in [0.1, 0.15) is 37.7 Å². The molecule has 0 bridgehead atoms. The lowest BCUT2D eigenvalue weighted by atomic mass is 9.43. The highest BCUT2D eigenvalue weighted by Crippen LogP contribution is 2.41. The number of nitrogens with zero attached hydrogens (tertiary/aromatic N) is 1. The van der Waals surface area contributed by atoms with Crippen LogP contribution in [0, 0.1) is 5.92 Å². The van der Waals surface area contributed by atoms with Crippen LogP contribution in [-0.2, 0) is 5.21 Å². The van der Waals surface area contributed by atoms with E-state index < -0.39 is 5.21 Å². The topological polar surface area (TPSA) is 26.0 Å². The van der Waals surface area contributed by atoms with Gasteiger partial charge in [-0.15, -0.1) is 0 Å². The summed E-state index contributed by atoms with van der Waals surface area (Å²) >= 11 is 0. The minimum absolute atomic E-state index is 0.292. The van der Waals surface area contributed by atoms with Gasteiger partial charge < -0.3 is 4.42 Å². The summed E-state index contributed by atoms with van der Waals surface area (Å²) in [5.41, 5.74) is 4.47. The lowest BCUT2D eigenvalue weighted by molar-refractivity contribution is 0.327. The van der Waals surface area contributed by atoms with Gasteiger partial charge in [0.2, 0.25) is 0 Å². The number of aromatic nitrogens is 1. The zero-order valence-electron chi connectivity index (χ0n) is 18.1. The maximum Gasteiger partial charge on any atom is 0.144 e. The standard InChI is InChI=1S/C28H23B2NO/c29-28(30,19-8-2-1-3-9-19)20-15-16-31-24(17-20)22-11-6-12-23-26-21-10-5-4-7-18(21)13-14-25(26)32-27(22)23/h4-7,10-17,19H,1-3,8-9H2. The van der Waals surface area contributed by atoms with Crippen LogP contribution in [0.2, 0.25) is 0 Å². The fraction of sp³-hybridized carbons (Fsp3) is 0.250. The smallest absolute Gasteiger partial charge is 0.144 e. The molecule has 6 rings (SSSR count). The maximum absolute atomic E-state index is 6.72. The summed E-state index contributed by atoms with van der Waals surface area (Å²) in [5, 5.41) is 3.79. The monoisotopic (exact) mass is 411 g/mol. The molecule has 152 valence electrons. The van der Waals surface area contributed by atoms with E-state index >= 15 is 0 Å². The highest BCUT2D eigenvalue weighted by atomic mass is 16.3. The van der Waals surface area contributed by atoms with Gasteiger partial charge >= 0.3 is 0 Å². The molecule has 2 aromatic heterocycles. The van der Waals surface area contributed by atoms with Gasteiger partial charge in [-0.05, 0) is 41.0 Å². The first-order valence-electron chi connectivity index (χ1n) is 11.5. The van der Waals surface area contributed by atoms with Crippen LogP contribution >= 0.6 is 0 Å². The van der Waals surface area contributed by atoms with E-state index in [9.17, 15) is 0 Å². The summed E-state index contributed by atoms with van der Waals surface area (Å²) in [4.78, 5) is 4.68. The van der Waals surface area contributed by atoms with Crippen LogP contribution in [0.25, 0.3) is 44.0 Å². The molecule has 0 aliphatic heterocycles. The number of hydrogen-bond acceptors (Lipinski definition) is 2. The van der Waals surface area contributed by atoms with E-state index in [1.165, 1.54) is 30.0 Å². The third-order valence-electron chi connectivity index (χ3n) is 7.20. The van der Waals surface area contributed by atoms with Gasteiger partial charge in [-0.2, -0.15) is 0 Å². The average Bonchev–Trinajstić information content (AvgIpc) is 3.24. The Balaban J connectivity index is 1.52. The summed E-state index contributed by atoms with van der Waals surface area (Å²) < 4.78 is 6.39. The van der Waals surface area contributed by atoms with Crippen molar-refractivity contribution >= 4 is 48.4 Å². The lowest BCUT2D eigenvalue weighted by Crippen LogP contribution is -2.37. The molecular formula is C28H23B2NO. The van der Waals surface area contributed by atoms with Crippen molar-refractivity contribution in [3.63, 3.8) is 0 Å². The Kier molecular flexibility index (Phi) is 4.64. The Bertz CT molecular complexity index is 1450. The Hall–Kier alpha value is -3.00. The van der Waals surface area contributed by atoms with E-state index in [1.807, 2.05) is 12.3 Å². The van der Waals surface area contributed by atoms with E-state index in [0.717, 1.165) is 51.6 Å². The Morgan fingerprint density at radius 3 is 2.53 bits per heavy atom. The van der Waals surface area contributed by atoms with Crippen LogP contribution < -0.4 is 0 Å². The Labute approximate surface area is 190 Å². The molecule has 5 aromatic rings. The number of para-hydroxylation sites is 1. The van der Waals surface area contributed by atoms with Crippen molar-refractivity contribution in [2.45, 2.75) is 37.3 Å². The Morgan fingerprint density at radius 2 is 1.66 bits per heavy atom. The Morgan fingerprint density at radius 1 is 0.844 bits per heavy atom. The van der Waals surface area contributed by atoms with Crippen LogP contribution in [0.4, 0.5) is 0 Å². The van der Waals surface area contributed by atoms with Crippen molar-refractivity contribution in [1.29, 1.82) is 0 Å². The average molecular weight is 411 g/mol. The predicted octanol–water partition coefficient (Wildman–Crippen LogP) is 6.87. The first kappa shape index (κ1) is 19.7. The molecule has 1 aliphatic carbocycles. The molecule has 1 fully saturated rings. The SMILES string of the molecule is [B]C([B])(c1ccnc(-c2cccc3c2oc2ccc4ccccc4c23)c1)C1CCCCC1. The molecule has 32 heavy (non-hydrogen) atoms. The van der Waals surface area contributed by atoms with Crippen molar-refractivity contribution in [2.24, 2.45) is 5.92 Å². The fourth-order valence-electron chi connectivity index (χ4n) is 5.43. The van der Waals surface area contributed by atoms with Crippen LogP contribution in [0.3, 0.4) is 0 Å². The van der Waals surface area contributed by atoms with Gasteiger partial charge in [0.05, 0.1) is 21.4 Å². The van der Waals surface area contributed by atoms with Gasteiger partial charge in [0.15, 0.2) is 0 Å². The minimum atomic E-state index is -0.851. The predicted molar refractivity (Wildman–Crippen MR) is 134 cm³/mol. The van der Waals surface area contributed by atoms with Crippen LogP contribution in [-0.4, -0.2) is 20.7 Å². The molecule has 4 heteroatoms. The quantitative estimate of drug-likeness (QED) is 0.303. The molecule has 0 spiro atoms. The van der Waals surface area contributed by atoms with E-state index in [2.05, 4.69) is 65.6 Å². The summed E-state index contributed by atoms with van der Waals surface area (Å²) in [6.07, 6.45) is 7.65. The van der Waals surface area contributed by atoms with Crippen molar-refractivity contribution in [3.05, 3.63) is 78.5 Å². The number of fused-ring (bicyclic) bond motifs is 5. The molecule has 0 amide bonds. The highest BCUT2D eigenvalue weighted by Gasteiger charge is 2.31. The van der Waals surface area contributed by atoms with Gasteiger partial charge in [0.1, 0.15) is 11.2 Å². The number of pyridine rings is 1. The van der Waals surface area contributed by atoms with E-state index in [-0.39, 0.29) is 0 Å². The second-order valence-electron chi connectivity index (χ2n) is 9.14. The summed E-state index contributed by atoms with van der Waals surface area (Å²) in [6, 6.07) is 22.9. The first-order valence-corrected chi connectivity index (χ1v) is 11.5. The molecule has 4 radical (unpaired) electrons. The number of furan rings is 1. The summed E-state index contributed by atoms with van der Waals surface area (Å²) in [5.74, 6) is 0.292. The summed E-state index contributed by atoms with van der Waals surface area (Å²) in [6.45, 7) is 0. The molecule has 1 saturated carbocycles. The lowest BCUT2D eigenvalue weighted by Gasteiger charge is -2.38. The first-order chi connectivity index (χ1) is 15.6. The zero-order chi connectivity index (χ0) is 21.7. The molecular weight excluding hydrogens is 388 g/mol. The molecule has 1 aliphatic rings. The molecule has 0 unspecified atom stereocenters. The minimum Gasteiger partial charge on any atom is -0.455 e. The second kappa shape index (κ2) is 7.55. The highest BCUT2D eigenvalue weighted by molar-refractivity contribution is 6.40. The molecule has 0 N–H and O–H groups in total. The van der Waals surface area contributed by atoms with Crippen LogP contribution in [0.5, 0.6) is 0 Å². The largest absolute Gasteiger partial charge is 0.455 e. The molecule has 0 atom stereocenters. The van der Waals surface area contributed by atoms with Crippen molar-refractivity contribution in [1.82, 2.24) is 4.98 Å². The summed E-state index contributed by atoms with van der Waals surface area (Å²) in [7, 11) is 13.4. The van der Waals surface area contributed by atoms with Gasteiger partial charge in [-0.3, -0.25) is 4.98 Å². The fourth-order valence-corrected chi connectivity index (χ4v) is 5.43. The van der Waals surface area contributed by atoms with Gasteiger partial charge in [0.25, 0.3) is 0 Å².